The van der Waals surface area contributed by atoms with Gasteiger partial charge in [0.2, 0.25) is 0 Å². The van der Waals surface area contributed by atoms with Crippen LogP contribution in [-0.4, -0.2) is 9.97 Å². The lowest BCUT2D eigenvalue weighted by Crippen LogP contribution is -2.27. The third-order valence-electron chi connectivity index (χ3n) is 8.40. The number of hydrogen-bond donors (Lipinski definition) is 0. The fourth-order valence-corrected chi connectivity index (χ4v) is 7.06. The van der Waals surface area contributed by atoms with Crippen molar-refractivity contribution < 1.29 is 0 Å². The third kappa shape index (κ3) is 2.21. The Labute approximate surface area is 203 Å². The highest BCUT2D eigenvalue weighted by Crippen LogP contribution is 2.56. The molecule has 2 aliphatic carbocycles. The summed E-state index contributed by atoms with van der Waals surface area (Å²) in [6.45, 7) is 0. The second-order valence-electron chi connectivity index (χ2n) is 10.2. The number of anilines is 3. The van der Waals surface area contributed by atoms with Gasteiger partial charge in [-0.15, -0.1) is 0 Å². The van der Waals surface area contributed by atoms with E-state index in [0.717, 1.165) is 37.3 Å². The maximum Gasteiger partial charge on any atom is 0.142 e. The van der Waals surface area contributed by atoms with Crippen molar-refractivity contribution >= 4 is 17.3 Å². The van der Waals surface area contributed by atoms with E-state index < -0.39 is 0 Å². The predicted molar refractivity (Wildman–Crippen MR) is 139 cm³/mol. The zero-order valence-electron chi connectivity index (χ0n) is 19.2. The molecule has 9 rings (SSSR count). The van der Waals surface area contributed by atoms with E-state index in [1.54, 1.807) is 0 Å². The summed E-state index contributed by atoms with van der Waals surface area (Å²) in [4.78, 5) is 12.1. The highest BCUT2D eigenvalue weighted by molar-refractivity contribution is 5.97. The Morgan fingerprint density at radius 3 is 2.06 bits per heavy atom. The molecule has 0 radical (unpaired) electrons. The second-order valence-corrected chi connectivity index (χ2v) is 10.2. The van der Waals surface area contributed by atoms with Gasteiger partial charge >= 0.3 is 0 Å². The van der Waals surface area contributed by atoms with Gasteiger partial charge in [-0.3, -0.25) is 4.90 Å². The lowest BCUT2D eigenvalue weighted by molar-refractivity contribution is 0.954. The lowest BCUT2D eigenvalue weighted by atomic mass is 9.82. The number of pyridine rings is 2. The first-order valence-corrected chi connectivity index (χ1v) is 12.4. The molecule has 2 aliphatic heterocycles. The van der Waals surface area contributed by atoms with Crippen molar-refractivity contribution in [2.75, 3.05) is 4.90 Å². The zero-order chi connectivity index (χ0) is 22.7. The van der Waals surface area contributed by atoms with Crippen molar-refractivity contribution in [3.63, 3.8) is 0 Å². The minimum absolute atomic E-state index is 0.920. The number of fused-ring (bicyclic) bond motifs is 12. The first-order chi connectivity index (χ1) is 17.3. The Morgan fingerprint density at radius 2 is 1.20 bits per heavy atom. The van der Waals surface area contributed by atoms with E-state index in [1.807, 2.05) is 12.4 Å². The van der Waals surface area contributed by atoms with Gasteiger partial charge in [0.1, 0.15) is 11.6 Å². The predicted octanol–water partition coefficient (Wildman–Crippen LogP) is 6.90. The normalized spacial score (nSPS) is 14.9. The van der Waals surface area contributed by atoms with Crippen LogP contribution in [0.2, 0.25) is 0 Å². The standard InChI is InChI=1S/C32H21N3/c1-2-8-24-18(5-1)16-26-25(24)10-9-19-13-22-15-23-14-20-6-3-11-33-31(20)35-30(23)27(29(22)28(19)26)17-21-7-4-12-34-32(21)35/h1-12,15H,13-14,16-17H2. The topological polar surface area (TPSA) is 29.0 Å². The Hall–Kier alpha value is -4.24. The molecule has 0 saturated carbocycles. The van der Waals surface area contributed by atoms with Crippen LogP contribution in [0.3, 0.4) is 0 Å². The summed E-state index contributed by atoms with van der Waals surface area (Å²) < 4.78 is 0. The molecule has 4 heterocycles. The molecule has 0 bridgehead atoms. The summed E-state index contributed by atoms with van der Waals surface area (Å²) in [6.07, 6.45) is 7.72. The fourth-order valence-electron chi connectivity index (χ4n) is 7.06. The molecular weight excluding hydrogens is 426 g/mol. The molecule has 0 spiro atoms. The molecule has 0 atom stereocenters. The van der Waals surface area contributed by atoms with Gasteiger partial charge in [-0.05, 0) is 91.7 Å². The molecule has 4 aliphatic rings. The van der Waals surface area contributed by atoms with Gasteiger partial charge in [0, 0.05) is 25.2 Å². The highest BCUT2D eigenvalue weighted by atomic mass is 15.3. The van der Waals surface area contributed by atoms with E-state index >= 15 is 0 Å². The average Bonchev–Trinajstić information content (AvgIpc) is 3.46. The van der Waals surface area contributed by atoms with Gasteiger partial charge < -0.3 is 0 Å². The Morgan fingerprint density at radius 1 is 0.514 bits per heavy atom. The van der Waals surface area contributed by atoms with Crippen molar-refractivity contribution in [3.8, 4) is 22.3 Å². The second kappa shape index (κ2) is 6.25. The largest absolute Gasteiger partial charge is 0.278 e. The number of rotatable bonds is 0. The maximum atomic E-state index is 4.85. The van der Waals surface area contributed by atoms with Gasteiger partial charge in [0.05, 0.1) is 5.69 Å². The van der Waals surface area contributed by atoms with E-state index in [0.29, 0.717) is 0 Å². The Bertz CT molecular complexity index is 1750. The van der Waals surface area contributed by atoms with Crippen LogP contribution in [0.1, 0.15) is 44.5 Å². The third-order valence-corrected chi connectivity index (χ3v) is 8.40. The minimum Gasteiger partial charge on any atom is -0.278 e. The molecular formula is C32H21N3. The van der Waals surface area contributed by atoms with Crippen LogP contribution in [-0.2, 0) is 25.7 Å². The van der Waals surface area contributed by atoms with Gasteiger partial charge in [-0.25, -0.2) is 9.97 Å². The molecule has 35 heavy (non-hydrogen) atoms. The molecule has 3 nitrogen and oxygen atoms in total. The fraction of sp³-hybridized carbons (Fsp3) is 0.125. The van der Waals surface area contributed by atoms with Gasteiger partial charge in [0.15, 0.2) is 0 Å². The molecule has 0 saturated heterocycles. The highest BCUT2D eigenvalue weighted by Gasteiger charge is 2.38. The first kappa shape index (κ1) is 18.1. The van der Waals surface area contributed by atoms with E-state index in [2.05, 4.69) is 71.6 Å². The van der Waals surface area contributed by atoms with Crippen LogP contribution in [0.5, 0.6) is 0 Å². The number of benzene rings is 3. The van der Waals surface area contributed by atoms with Crippen LogP contribution >= 0.6 is 0 Å². The van der Waals surface area contributed by atoms with E-state index in [-0.39, 0.29) is 0 Å². The number of aromatic nitrogens is 2. The first-order valence-electron chi connectivity index (χ1n) is 12.4. The minimum atomic E-state index is 0.920. The molecule has 5 aromatic rings. The average molecular weight is 448 g/mol. The number of hydrogen-bond acceptors (Lipinski definition) is 3. The quantitative estimate of drug-likeness (QED) is 0.253. The van der Waals surface area contributed by atoms with Crippen LogP contribution in [0.25, 0.3) is 22.3 Å². The Kier molecular flexibility index (Phi) is 3.24. The maximum absolute atomic E-state index is 4.85. The zero-order valence-corrected chi connectivity index (χ0v) is 19.2. The molecule has 2 aromatic heterocycles. The van der Waals surface area contributed by atoms with E-state index in [1.165, 1.54) is 72.4 Å². The molecule has 0 unspecified atom stereocenters. The summed E-state index contributed by atoms with van der Waals surface area (Å²) in [6, 6.07) is 24.7. The molecule has 0 N–H and O–H groups in total. The van der Waals surface area contributed by atoms with Gasteiger partial charge in [0.25, 0.3) is 0 Å². The molecule has 3 heteroatoms. The van der Waals surface area contributed by atoms with Crippen molar-refractivity contribution in [2.45, 2.75) is 25.7 Å². The lowest BCUT2D eigenvalue weighted by Gasteiger charge is -2.38. The summed E-state index contributed by atoms with van der Waals surface area (Å²) in [5.74, 6) is 2.06. The van der Waals surface area contributed by atoms with Crippen molar-refractivity contribution in [3.05, 3.63) is 124 Å². The van der Waals surface area contributed by atoms with E-state index in [9.17, 15) is 0 Å². The van der Waals surface area contributed by atoms with Crippen molar-refractivity contribution in [1.82, 2.24) is 9.97 Å². The van der Waals surface area contributed by atoms with Crippen LogP contribution in [0.15, 0.2) is 79.1 Å². The van der Waals surface area contributed by atoms with Crippen LogP contribution in [0, 0.1) is 0 Å². The Balaban J connectivity index is 1.36. The summed E-state index contributed by atoms with van der Waals surface area (Å²) in [5, 5.41) is 0. The molecule has 0 fully saturated rings. The van der Waals surface area contributed by atoms with Crippen molar-refractivity contribution in [2.24, 2.45) is 0 Å². The van der Waals surface area contributed by atoms with Gasteiger partial charge in [-0.2, -0.15) is 0 Å². The smallest absolute Gasteiger partial charge is 0.142 e. The van der Waals surface area contributed by atoms with Crippen LogP contribution in [0.4, 0.5) is 17.3 Å². The molecule has 164 valence electrons. The van der Waals surface area contributed by atoms with Crippen molar-refractivity contribution in [1.29, 1.82) is 0 Å². The SMILES string of the molecule is c1ccc2c(c1)Cc1c-2ccc2c1-c1c(cc3c4c1Cc1cccnc1N4c1ncccc1C3)C2. The summed E-state index contributed by atoms with van der Waals surface area (Å²) >= 11 is 0. The van der Waals surface area contributed by atoms with Crippen LogP contribution < -0.4 is 4.90 Å². The monoisotopic (exact) mass is 447 g/mol. The van der Waals surface area contributed by atoms with Gasteiger partial charge in [-0.1, -0.05) is 54.6 Å². The van der Waals surface area contributed by atoms with E-state index in [4.69, 9.17) is 9.97 Å². The number of nitrogens with zero attached hydrogens (tertiary/aromatic N) is 3. The summed E-state index contributed by atoms with van der Waals surface area (Å²) in [7, 11) is 0. The molecule has 3 aromatic carbocycles. The summed E-state index contributed by atoms with van der Waals surface area (Å²) in [5.41, 5.74) is 18.4. The molecule has 0 amide bonds.